The summed E-state index contributed by atoms with van der Waals surface area (Å²) in [5, 5.41) is 8.70. The average molecular weight is 386 g/mol. The van der Waals surface area contributed by atoms with Crippen molar-refractivity contribution in [2.24, 2.45) is 0 Å². The summed E-state index contributed by atoms with van der Waals surface area (Å²) in [4.78, 5) is 10.2. The summed E-state index contributed by atoms with van der Waals surface area (Å²) >= 11 is 0.933. The van der Waals surface area contributed by atoms with Crippen LogP contribution < -0.4 is 4.90 Å². The molecule has 2 aromatic carbocycles. The summed E-state index contributed by atoms with van der Waals surface area (Å²) in [5.74, 6) is 0.131. The van der Waals surface area contributed by atoms with Gasteiger partial charge >= 0.3 is 6.18 Å². The molecule has 136 valence electrons. The number of alkyl halides is 3. The zero-order valence-corrected chi connectivity index (χ0v) is 14.9. The van der Waals surface area contributed by atoms with Gasteiger partial charge in [0, 0.05) is 23.8 Å². The lowest BCUT2D eigenvalue weighted by molar-refractivity contribution is -0.140. The highest BCUT2D eigenvalue weighted by molar-refractivity contribution is 7.99. The molecule has 4 nitrogen and oxygen atoms in total. The van der Waals surface area contributed by atoms with E-state index in [2.05, 4.69) is 9.97 Å². The summed E-state index contributed by atoms with van der Waals surface area (Å²) in [5.41, 5.74) is 0.263. The second-order valence-electron chi connectivity index (χ2n) is 5.52. The van der Waals surface area contributed by atoms with Crippen molar-refractivity contribution >= 4 is 23.4 Å². The van der Waals surface area contributed by atoms with E-state index >= 15 is 0 Å². The minimum Gasteiger partial charge on any atom is -0.314 e. The molecular weight excluding hydrogens is 373 g/mol. The Morgan fingerprint density at radius 1 is 1.04 bits per heavy atom. The molecule has 3 aromatic rings. The van der Waals surface area contributed by atoms with Gasteiger partial charge in [0.2, 0.25) is 5.95 Å². The molecule has 27 heavy (non-hydrogen) atoms. The molecule has 8 heteroatoms. The van der Waals surface area contributed by atoms with Gasteiger partial charge in [-0.25, -0.2) is 9.97 Å². The van der Waals surface area contributed by atoms with Crippen molar-refractivity contribution in [3.8, 4) is 6.07 Å². The highest BCUT2D eigenvalue weighted by Gasteiger charge is 2.35. The van der Waals surface area contributed by atoms with Crippen LogP contribution in [0.4, 0.5) is 24.8 Å². The molecule has 1 aromatic heterocycles. The van der Waals surface area contributed by atoms with E-state index in [0.29, 0.717) is 16.1 Å². The largest absolute Gasteiger partial charge is 0.420 e. The van der Waals surface area contributed by atoms with Crippen molar-refractivity contribution in [3.63, 3.8) is 0 Å². The van der Waals surface area contributed by atoms with Gasteiger partial charge in [-0.2, -0.15) is 18.4 Å². The van der Waals surface area contributed by atoms with E-state index in [9.17, 15) is 13.2 Å². The second-order valence-corrected chi connectivity index (χ2v) is 6.58. The third-order valence-corrected chi connectivity index (χ3v) is 4.70. The molecule has 0 spiro atoms. The monoisotopic (exact) mass is 386 g/mol. The molecule has 0 saturated carbocycles. The molecule has 0 radical (unpaired) electrons. The molecule has 0 aliphatic heterocycles. The minimum absolute atomic E-state index is 0.131. The summed E-state index contributed by atoms with van der Waals surface area (Å²) in [7, 11) is 1.65. The fourth-order valence-electron chi connectivity index (χ4n) is 2.27. The first-order valence-corrected chi connectivity index (χ1v) is 8.61. The van der Waals surface area contributed by atoms with E-state index in [-0.39, 0.29) is 11.0 Å². The van der Waals surface area contributed by atoms with E-state index in [1.54, 1.807) is 66.5 Å². The Morgan fingerprint density at radius 3 is 2.30 bits per heavy atom. The maximum Gasteiger partial charge on any atom is 0.420 e. The van der Waals surface area contributed by atoms with Crippen LogP contribution in [0.1, 0.15) is 11.1 Å². The van der Waals surface area contributed by atoms with Gasteiger partial charge in [-0.1, -0.05) is 30.0 Å². The Kier molecular flexibility index (Phi) is 5.33. The van der Waals surface area contributed by atoms with Gasteiger partial charge in [0.15, 0.2) is 0 Å². The zero-order valence-electron chi connectivity index (χ0n) is 14.1. The van der Waals surface area contributed by atoms with Crippen LogP contribution in [0, 0.1) is 11.3 Å². The van der Waals surface area contributed by atoms with Crippen LogP contribution in [0.25, 0.3) is 0 Å². The molecule has 3 rings (SSSR count). The topological polar surface area (TPSA) is 52.8 Å². The summed E-state index contributed by atoms with van der Waals surface area (Å²) in [6.07, 6.45) is -3.75. The lowest BCUT2D eigenvalue weighted by Gasteiger charge is -2.19. The van der Waals surface area contributed by atoms with Crippen molar-refractivity contribution in [3.05, 3.63) is 71.9 Å². The third kappa shape index (κ3) is 4.38. The third-order valence-electron chi connectivity index (χ3n) is 3.69. The molecule has 0 atom stereocenters. The predicted molar refractivity (Wildman–Crippen MR) is 96.8 cm³/mol. The van der Waals surface area contributed by atoms with Crippen LogP contribution in [0.2, 0.25) is 0 Å². The molecule has 0 saturated heterocycles. The number of hydrogen-bond donors (Lipinski definition) is 0. The predicted octanol–water partition coefficient (Wildman–Crippen LogP) is 5.29. The number of nitriles is 1. The maximum atomic E-state index is 13.4. The number of anilines is 2. The van der Waals surface area contributed by atoms with Crippen LogP contribution in [0.15, 0.2) is 70.7 Å². The number of rotatable bonds is 4. The second kappa shape index (κ2) is 7.68. The Bertz CT molecular complexity index is 967. The molecule has 0 unspecified atom stereocenters. The molecule has 0 aliphatic carbocycles. The van der Waals surface area contributed by atoms with E-state index in [1.165, 1.54) is 0 Å². The van der Waals surface area contributed by atoms with Gasteiger partial charge in [0.1, 0.15) is 10.6 Å². The molecule has 0 N–H and O–H groups in total. The number of nitrogens with zero attached hydrogens (tertiary/aromatic N) is 4. The van der Waals surface area contributed by atoms with Gasteiger partial charge < -0.3 is 4.90 Å². The molecular formula is C19H13F3N4S. The van der Waals surface area contributed by atoms with Gasteiger partial charge in [-0.05, 0) is 36.4 Å². The van der Waals surface area contributed by atoms with Crippen LogP contribution in [-0.2, 0) is 6.18 Å². The standard InChI is InChI=1S/C19H13F3N4S/c1-26(14-9-7-13(11-23)8-10-14)18-24-12-16(19(20,21)22)17(25-18)27-15-5-3-2-4-6-15/h2-10,12H,1H3. The summed E-state index contributed by atoms with van der Waals surface area (Å²) < 4.78 is 40.1. The van der Waals surface area contributed by atoms with E-state index < -0.39 is 11.7 Å². The highest BCUT2D eigenvalue weighted by Crippen LogP contribution is 2.39. The number of hydrogen-bond acceptors (Lipinski definition) is 5. The summed E-state index contributed by atoms with van der Waals surface area (Å²) in [6.45, 7) is 0. The van der Waals surface area contributed by atoms with Gasteiger partial charge in [0.05, 0.1) is 11.6 Å². The van der Waals surface area contributed by atoms with Crippen molar-refractivity contribution in [1.29, 1.82) is 5.26 Å². The zero-order chi connectivity index (χ0) is 19.4. The number of halogens is 3. The van der Waals surface area contributed by atoms with Gasteiger partial charge in [-0.15, -0.1) is 0 Å². The lowest BCUT2D eigenvalue weighted by Crippen LogP contribution is -2.16. The fraction of sp³-hybridized carbons (Fsp3) is 0.105. The fourth-order valence-corrected chi connectivity index (χ4v) is 3.19. The molecule has 1 heterocycles. The van der Waals surface area contributed by atoms with Crippen molar-refractivity contribution in [2.45, 2.75) is 16.1 Å². The van der Waals surface area contributed by atoms with Gasteiger partial charge in [-0.3, -0.25) is 0 Å². The van der Waals surface area contributed by atoms with Crippen LogP contribution in [-0.4, -0.2) is 17.0 Å². The first-order valence-electron chi connectivity index (χ1n) is 7.79. The first kappa shape index (κ1) is 18.7. The quantitative estimate of drug-likeness (QED) is 0.571. The Balaban J connectivity index is 1.99. The Morgan fingerprint density at radius 2 is 1.70 bits per heavy atom. The lowest BCUT2D eigenvalue weighted by atomic mass is 10.2. The van der Waals surface area contributed by atoms with Crippen LogP contribution in [0.3, 0.4) is 0 Å². The van der Waals surface area contributed by atoms with E-state index in [4.69, 9.17) is 5.26 Å². The summed E-state index contributed by atoms with van der Waals surface area (Å²) in [6, 6.07) is 17.4. The number of aromatic nitrogens is 2. The van der Waals surface area contributed by atoms with Crippen LogP contribution >= 0.6 is 11.8 Å². The molecule has 0 aliphatic rings. The Hall–Kier alpha value is -3.05. The first-order chi connectivity index (χ1) is 12.9. The SMILES string of the molecule is CN(c1ccc(C#N)cc1)c1ncc(C(F)(F)F)c(Sc2ccccc2)n1. The number of benzene rings is 2. The van der Waals surface area contributed by atoms with Gasteiger partial charge in [0.25, 0.3) is 0 Å². The van der Waals surface area contributed by atoms with Crippen molar-refractivity contribution < 1.29 is 13.2 Å². The van der Waals surface area contributed by atoms with E-state index in [1.807, 2.05) is 6.07 Å². The maximum absolute atomic E-state index is 13.4. The molecule has 0 bridgehead atoms. The van der Waals surface area contributed by atoms with Crippen LogP contribution in [0.5, 0.6) is 0 Å². The smallest absolute Gasteiger partial charge is 0.314 e. The molecule has 0 fully saturated rings. The van der Waals surface area contributed by atoms with E-state index in [0.717, 1.165) is 18.0 Å². The highest BCUT2D eigenvalue weighted by atomic mass is 32.2. The van der Waals surface area contributed by atoms with Crippen molar-refractivity contribution in [2.75, 3.05) is 11.9 Å². The molecule has 0 amide bonds. The Labute approximate surface area is 158 Å². The van der Waals surface area contributed by atoms with Crippen molar-refractivity contribution in [1.82, 2.24) is 9.97 Å². The normalized spacial score (nSPS) is 11.1. The minimum atomic E-state index is -4.55. The average Bonchev–Trinajstić information content (AvgIpc) is 2.67.